The molecule has 33 heavy (non-hydrogen) atoms. The number of hydrogen-bond acceptors (Lipinski definition) is 4. The van der Waals surface area contributed by atoms with E-state index in [4.69, 9.17) is 4.74 Å². The predicted molar refractivity (Wildman–Crippen MR) is 131 cm³/mol. The van der Waals surface area contributed by atoms with Gasteiger partial charge in [-0.15, -0.1) is 0 Å². The number of aryl methyl sites for hydroxylation is 1. The van der Waals surface area contributed by atoms with Crippen molar-refractivity contribution in [3.8, 4) is 5.75 Å². The molecule has 1 aromatic heterocycles. The number of aromatic nitrogens is 3. The molecule has 0 saturated heterocycles. The molecule has 0 bridgehead atoms. The molecule has 2 heterocycles. The normalized spacial score (nSPS) is 18.3. The quantitative estimate of drug-likeness (QED) is 0.432. The van der Waals surface area contributed by atoms with Gasteiger partial charge in [0.25, 0.3) is 5.91 Å². The van der Waals surface area contributed by atoms with Crippen molar-refractivity contribution in [2.75, 3.05) is 6.61 Å². The second-order valence-corrected chi connectivity index (χ2v) is 8.94. The lowest BCUT2D eigenvalue weighted by molar-refractivity contribution is -0.117. The maximum atomic E-state index is 13.3. The summed E-state index contributed by atoms with van der Waals surface area (Å²) in [6.45, 7) is 7.06. The highest BCUT2D eigenvalue weighted by Crippen LogP contribution is 2.41. The van der Waals surface area contributed by atoms with Crippen LogP contribution in [0.25, 0.3) is 11.1 Å². The summed E-state index contributed by atoms with van der Waals surface area (Å²) in [5, 5.41) is 10.1. The van der Waals surface area contributed by atoms with Crippen LogP contribution in [-0.2, 0) is 10.3 Å². The fourth-order valence-corrected chi connectivity index (χ4v) is 4.32. The predicted octanol–water partition coefficient (Wildman–Crippen LogP) is 5.42. The van der Waals surface area contributed by atoms with Crippen LogP contribution >= 0.6 is 0 Å². The summed E-state index contributed by atoms with van der Waals surface area (Å²) >= 11 is 0. The highest BCUT2D eigenvalue weighted by Gasteiger charge is 2.39. The molecule has 0 spiro atoms. The van der Waals surface area contributed by atoms with Crippen molar-refractivity contribution in [2.24, 2.45) is 0 Å². The van der Waals surface area contributed by atoms with Crippen molar-refractivity contribution in [3.05, 3.63) is 77.4 Å². The first-order valence-corrected chi connectivity index (χ1v) is 11.7. The van der Waals surface area contributed by atoms with Gasteiger partial charge in [0.1, 0.15) is 12.1 Å². The molecule has 0 fully saturated rings. The first kappa shape index (κ1) is 22.8. The summed E-state index contributed by atoms with van der Waals surface area (Å²) in [6, 6.07) is 16.3. The van der Waals surface area contributed by atoms with Gasteiger partial charge in [-0.3, -0.25) is 9.89 Å². The number of unbranched alkanes of at least 4 members (excludes halogenated alkanes) is 3. The van der Waals surface area contributed by atoms with Crippen LogP contribution in [-0.4, -0.2) is 27.7 Å². The van der Waals surface area contributed by atoms with Crippen LogP contribution in [0.3, 0.4) is 0 Å². The SMILES string of the molecule is CCCCCCOc1ccc([C@]2(C)CC(c3ccc(C)cc3)=C(c3nc[nH]n3)C(=O)N2)cc1. The van der Waals surface area contributed by atoms with Gasteiger partial charge in [-0.05, 0) is 49.1 Å². The molecule has 1 aliphatic rings. The molecule has 3 aromatic rings. The van der Waals surface area contributed by atoms with Gasteiger partial charge in [0.05, 0.1) is 17.7 Å². The second kappa shape index (κ2) is 10.0. The van der Waals surface area contributed by atoms with Crippen molar-refractivity contribution < 1.29 is 9.53 Å². The van der Waals surface area contributed by atoms with Gasteiger partial charge in [0.2, 0.25) is 0 Å². The van der Waals surface area contributed by atoms with Crippen LogP contribution in [0.5, 0.6) is 5.75 Å². The standard InChI is InChI=1S/C27H32N4O2/c1-4-5-6-7-16-33-22-14-12-21(13-15-22)27(3)17-23(20-10-8-19(2)9-11-20)24(26(32)30-27)25-28-18-29-31-25/h8-15,18H,4-7,16-17H2,1-3H3,(H,30,32)(H,28,29,31)/t27-/m0/s1. The summed E-state index contributed by atoms with van der Waals surface area (Å²) in [5.74, 6) is 1.10. The summed E-state index contributed by atoms with van der Waals surface area (Å²) in [6.07, 6.45) is 6.85. The molecule has 6 heteroatoms. The Hall–Kier alpha value is -3.41. The van der Waals surface area contributed by atoms with Crippen molar-refractivity contribution >= 4 is 17.1 Å². The third kappa shape index (κ3) is 5.16. The van der Waals surface area contributed by atoms with Gasteiger partial charge >= 0.3 is 0 Å². The zero-order chi connectivity index (χ0) is 23.3. The number of hydrogen-bond donors (Lipinski definition) is 2. The fraction of sp³-hybridized carbons (Fsp3) is 0.370. The third-order valence-corrected chi connectivity index (χ3v) is 6.25. The Kier molecular flexibility index (Phi) is 6.92. The van der Waals surface area contributed by atoms with E-state index in [0.717, 1.165) is 35.5 Å². The number of carbonyl (C=O) groups is 1. The Morgan fingerprint density at radius 2 is 1.79 bits per heavy atom. The lowest BCUT2D eigenvalue weighted by Crippen LogP contribution is -2.47. The van der Waals surface area contributed by atoms with E-state index >= 15 is 0 Å². The molecule has 4 rings (SSSR count). The minimum absolute atomic E-state index is 0.171. The van der Waals surface area contributed by atoms with E-state index in [0.29, 0.717) is 17.8 Å². The van der Waals surface area contributed by atoms with Gasteiger partial charge in [0.15, 0.2) is 5.82 Å². The largest absolute Gasteiger partial charge is 0.494 e. The molecule has 0 aliphatic carbocycles. The molecule has 2 N–H and O–H groups in total. The van der Waals surface area contributed by atoms with Gasteiger partial charge in [-0.2, -0.15) is 5.10 Å². The Bertz CT molecular complexity index is 1100. The lowest BCUT2D eigenvalue weighted by atomic mass is 9.78. The Morgan fingerprint density at radius 1 is 1.03 bits per heavy atom. The highest BCUT2D eigenvalue weighted by atomic mass is 16.5. The van der Waals surface area contributed by atoms with Crippen LogP contribution in [0.4, 0.5) is 0 Å². The first-order chi connectivity index (χ1) is 16.0. The summed E-state index contributed by atoms with van der Waals surface area (Å²) in [5.41, 5.74) is 4.12. The molecular formula is C27H32N4O2. The molecule has 0 saturated carbocycles. The van der Waals surface area contributed by atoms with E-state index in [9.17, 15) is 4.79 Å². The third-order valence-electron chi connectivity index (χ3n) is 6.25. The molecule has 1 atom stereocenters. The Labute approximate surface area is 195 Å². The number of rotatable bonds is 9. The van der Waals surface area contributed by atoms with Crippen LogP contribution in [0, 0.1) is 6.92 Å². The summed E-state index contributed by atoms with van der Waals surface area (Å²) < 4.78 is 5.90. The number of aromatic amines is 1. The topological polar surface area (TPSA) is 79.9 Å². The zero-order valence-corrected chi connectivity index (χ0v) is 19.6. The number of nitrogens with zero attached hydrogens (tertiary/aromatic N) is 2. The number of carbonyl (C=O) groups excluding carboxylic acids is 1. The van der Waals surface area contributed by atoms with Crippen LogP contribution in [0.2, 0.25) is 0 Å². The van der Waals surface area contributed by atoms with Crippen molar-refractivity contribution in [1.82, 2.24) is 20.5 Å². The van der Waals surface area contributed by atoms with Crippen LogP contribution < -0.4 is 10.1 Å². The summed E-state index contributed by atoms with van der Waals surface area (Å²) in [4.78, 5) is 17.6. The van der Waals surface area contributed by atoms with E-state index in [-0.39, 0.29) is 5.91 Å². The summed E-state index contributed by atoms with van der Waals surface area (Å²) in [7, 11) is 0. The maximum absolute atomic E-state index is 13.3. The van der Waals surface area contributed by atoms with E-state index in [1.165, 1.54) is 31.2 Å². The average Bonchev–Trinajstić information content (AvgIpc) is 3.34. The zero-order valence-electron chi connectivity index (χ0n) is 19.6. The van der Waals surface area contributed by atoms with E-state index in [1.54, 1.807) is 0 Å². The van der Waals surface area contributed by atoms with Crippen molar-refractivity contribution in [3.63, 3.8) is 0 Å². The van der Waals surface area contributed by atoms with Gasteiger partial charge in [-0.25, -0.2) is 4.98 Å². The number of ether oxygens (including phenoxy) is 1. The molecule has 2 aromatic carbocycles. The van der Waals surface area contributed by atoms with E-state index < -0.39 is 5.54 Å². The molecule has 172 valence electrons. The molecule has 0 unspecified atom stereocenters. The molecule has 1 amide bonds. The van der Waals surface area contributed by atoms with E-state index in [1.807, 2.05) is 24.3 Å². The number of nitrogens with one attached hydrogen (secondary N) is 2. The maximum Gasteiger partial charge on any atom is 0.256 e. The molecular weight excluding hydrogens is 412 g/mol. The van der Waals surface area contributed by atoms with Crippen molar-refractivity contribution in [1.29, 1.82) is 0 Å². The van der Waals surface area contributed by atoms with Crippen LogP contribution in [0.15, 0.2) is 54.9 Å². The monoisotopic (exact) mass is 444 g/mol. The number of amides is 1. The smallest absolute Gasteiger partial charge is 0.256 e. The molecule has 0 radical (unpaired) electrons. The van der Waals surface area contributed by atoms with Gasteiger partial charge in [-0.1, -0.05) is 68.1 Å². The molecule has 6 nitrogen and oxygen atoms in total. The van der Waals surface area contributed by atoms with Crippen molar-refractivity contribution in [2.45, 2.75) is 58.4 Å². The number of H-pyrrole nitrogens is 1. The Morgan fingerprint density at radius 3 is 2.45 bits per heavy atom. The van der Waals surface area contributed by atoms with Gasteiger partial charge in [0, 0.05) is 6.42 Å². The van der Waals surface area contributed by atoms with Crippen LogP contribution in [0.1, 0.15) is 68.5 Å². The van der Waals surface area contributed by atoms with Gasteiger partial charge < -0.3 is 10.1 Å². The molecule has 1 aliphatic heterocycles. The Balaban J connectivity index is 1.60. The minimum atomic E-state index is -0.559. The lowest BCUT2D eigenvalue weighted by Gasteiger charge is -2.37. The second-order valence-electron chi connectivity index (χ2n) is 8.94. The average molecular weight is 445 g/mol. The fourth-order valence-electron chi connectivity index (χ4n) is 4.32. The minimum Gasteiger partial charge on any atom is -0.494 e. The van der Waals surface area contributed by atoms with E-state index in [2.05, 4.69) is 65.5 Å². The number of benzene rings is 2. The first-order valence-electron chi connectivity index (χ1n) is 11.7. The highest BCUT2D eigenvalue weighted by molar-refractivity contribution is 6.27.